The Morgan fingerprint density at radius 3 is 2.49 bits per heavy atom. The van der Waals surface area contributed by atoms with E-state index < -0.39 is 0 Å². The van der Waals surface area contributed by atoms with Gasteiger partial charge in [0.1, 0.15) is 23.2 Å². The molecule has 0 radical (unpaired) electrons. The minimum atomic E-state index is 0.199. The molecule has 1 aliphatic heterocycles. The van der Waals surface area contributed by atoms with Crippen molar-refractivity contribution < 1.29 is 0 Å². The number of hydrogen-bond acceptors (Lipinski definition) is 10. The number of hydrogen-bond donors (Lipinski definition) is 2. The second-order valence-corrected chi connectivity index (χ2v) is 10.9. The van der Waals surface area contributed by atoms with E-state index in [1.54, 1.807) is 12.4 Å². The molecule has 7 rings (SSSR count). The van der Waals surface area contributed by atoms with Crippen LogP contribution in [-0.4, -0.2) is 67.6 Å². The fraction of sp³-hybridized carbons (Fsp3) is 0.176. The Hall–Kier alpha value is -5.86. The van der Waals surface area contributed by atoms with Gasteiger partial charge in [-0.2, -0.15) is 5.26 Å². The van der Waals surface area contributed by atoms with Gasteiger partial charge in [0.15, 0.2) is 11.5 Å². The molecule has 11 nitrogen and oxygen atoms in total. The smallest absolute Gasteiger partial charge is 0.234 e. The van der Waals surface area contributed by atoms with Crippen molar-refractivity contribution in [3.8, 4) is 34.4 Å². The monoisotopic (exact) mass is 593 g/mol. The van der Waals surface area contributed by atoms with Crippen LogP contribution >= 0.6 is 0 Å². The number of nitrogens with two attached hydrogens (primary N) is 1. The minimum absolute atomic E-state index is 0.199. The van der Waals surface area contributed by atoms with Crippen LogP contribution < -0.4 is 16.0 Å². The van der Waals surface area contributed by atoms with Crippen LogP contribution in [0.3, 0.4) is 0 Å². The predicted octanol–water partition coefficient (Wildman–Crippen LogP) is 4.76. The number of pyridine rings is 2. The van der Waals surface area contributed by atoms with Crippen molar-refractivity contribution in [2.24, 2.45) is 0 Å². The number of fused-ring (bicyclic) bond motifs is 1. The molecule has 3 N–H and O–H groups in total. The Morgan fingerprint density at radius 1 is 0.867 bits per heavy atom. The van der Waals surface area contributed by atoms with Crippen molar-refractivity contribution >= 4 is 28.5 Å². The van der Waals surface area contributed by atoms with Crippen LogP contribution in [0.1, 0.15) is 11.4 Å². The quantitative estimate of drug-likeness (QED) is 0.267. The lowest BCUT2D eigenvalue weighted by Gasteiger charge is -2.35. The largest absolute Gasteiger partial charge is 0.388 e. The molecule has 11 heteroatoms. The molecule has 0 unspecified atom stereocenters. The third kappa shape index (κ3) is 5.62. The highest BCUT2D eigenvalue weighted by Crippen LogP contribution is 2.32. The van der Waals surface area contributed by atoms with Crippen molar-refractivity contribution in [3.05, 3.63) is 103 Å². The van der Waals surface area contributed by atoms with Crippen molar-refractivity contribution in [1.82, 2.24) is 34.4 Å². The van der Waals surface area contributed by atoms with Gasteiger partial charge in [0.2, 0.25) is 5.82 Å². The van der Waals surface area contributed by atoms with E-state index >= 15 is 0 Å². The summed E-state index contributed by atoms with van der Waals surface area (Å²) < 4.78 is 2.06. The highest BCUT2D eigenvalue weighted by Gasteiger charge is 2.21. The second-order valence-electron chi connectivity index (χ2n) is 10.9. The Morgan fingerprint density at radius 2 is 1.71 bits per heavy atom. The van der Waals surface area contributed by atoms with Crippen LogP contribution in [-0.2, 0) is 6.54 Å². The first-order chi connectivity index (χ1) is 22.1. The number of rotatable bonds is 7. The summed E-state index contributed by atoms with van der Waals surface area (Å²) in [5.41, 5.74) is 13.7. The molecule has 45 heavy (non-hydrogen) atoms. The number of benzene rings is 2. The van der Waals surface area contributed by atoms with Crippen molar-refractivity contribution in [2.45, 2.75) is 6.54 Å². The van der Waals surface area contributed by atoms with Gasteiger partial charge in [-0.25, -0.2) is 24.9 Å². The highest BCUT2D eigenvalue weighted by molar-refractivity contribution is 5.84. The standard InChI is InChI=1S/C34H31N11/c1-37-25-5-2-4-24(20-25)28-11-12-29-34(40-28)45(33(41-29)27-6-3-14-39-32(27)36)26-9-7-23(8-10-26)22-43-16-18-44(19-17-43)31-13-15-38-30(21-35)42-31/h2-15,20,37H,16-19,22H2,1H3,(H2,36,39). The molecule has 2 aromatic carbocycles. The van der Waals surface area contributed by atoms with Crippen LogP contribution in [0.4, 0.5) is 17.3 Å². The lowest BCUT2D eigenvalue weighted by atomic mass is 10.1. The third-order valence-corrected chi connectivity index (χ3v) is 8.07. The molecule has 0 spiro atoms. The van der Waals surface area contributed by atoms with E-state index in [0.29, 0.717) is 11.6 Å². The normalized spacial score (nSPS) is 13.6. The third-order valence-electron chi connectivity index (χ3n) is 8.07. The van der Waals surface area contributed by atoms with Gasteiger partial charge in [0.25, 0.3) is 0 Å². The first kappa shape index (κ1) is 27.9. The number of nitrogen functional groups attached to an aromatic ring is 1. The zero-order valence-electron chi connectivity index (χ0n) is 24.8. The molecule has 0 amide bonds. The number of nitrogens with one attached hydrogen (secondary N) is 1. The molecular formula is C34H31N11. The van der Waals surface area contributed by atoms with Crippen molar-refractivity contribution in [1.29, 1.82) is 5.26 Å². The molecule has 6 aromatic rings. The summed E-state index contributed by atoms with van der Waals surface area (Å²) in [7, 11) is 1.91. The van der Waals surface area contributed by atoms with Crippen LogP contribution in [0.5, 0.6) is 0 Å². The molecule has 1 saturated heterocycles. The maximum Gasteiger partial charge on any atom is 0.234 e. The fourth-order valence-electron chi connectivity index (χ4n) is 5.71. The highest BCUT2D eigenvalue weighted by atomic mass is 15.3. The van der Waals surface area contributed by atoms with Gasteiger partial charge in [0, 0.05) is 69.1 Å². The number of nitriles is 1. The van der Waals surface area contributed by atoms with E-state index in [4.69, 9.17) is 21.0 Å². The predicted molar refractivity (Wildman–Crippen MR) is 176 cm³/mol. The lowest BCUT2D eigenvalue weighted by molar-refractivity contribution is 0.249. The average molecular weight is 594 g/mol. The van der Waals surface area contributed by atoms with E-state index in [1.807, 2.05) is 55.6 Å². The molecule has 222 valence electrons. The minimum Gasteiger partial charge on any atom is -0.388 e. The number of piperazine rings is 1. The van der Waals surface area contributed by atoms with E-state index in [0.717, 1.165) is 77.9 Å². The van der Waals surface area contributed by atoms with Gasteiger partial charge in [-0.3, -0.25) is 9.47 Å². The van der Waals surface area contributed by atoms with Gasteiger partial charge in [-0.15, -0.1) is 0 Å². The number of nitrogens with zero attached hydrogens (tertiary/aromatic N) is 9. The first-order valence-corrected chi connectivity index (χ1v) is 14.8. The molecule has 0 aliphatic carbocycles. The molecule has 5 heterocycles. The average Bonchev–Trinajstić information content (AvgIpc) is 3.48. The summed E-state index contributed by atoms with van der Waals surface area (Å²) in [6.07, 6.45) is 3.33. The van der Waals surface area contributed by atoms with Crippen molar-refractivity contribution in [3.63, 3.8) is 0 Å². The zero-order valence-corrected chi connectivity index (χ0v) is 24.8. The van der Waals surface area contributed by atoms with E-state index in [9.17, 15) is 0 Å². The van der Waals surface area contributed by atoms with E-state index in [-0.39, 0.29) is 5.82 Å². The topological polar surface area (TPSA) is 138 Å². The summed E-state index contributed by atoms with van der Waals surface area (Å²) in [4.78, 5) is 27.4. The second kappa shape index (κ2) is 12.0. The van der Waals surface area contributed by atoms with Gasteiger partial charge in [-0.05, 0) is 60.2 Å². The zero-order chi connectivity index (χ0) is 30.8. The Labute approximate surface area is 260 Å². The molecule has 0 atom stereocenters. The molecule has 4 aromatic heterocycles. The van der Waals surface area contributed by atoms with E-state index in [1.165, 1.54) is 5.56 Å². The van der Waals surface area contributed by atoms with Gasteiger partial charge < -0.3 is 16.0 Å². The summed E-state index contributed by atoms with van der Waals surface area (Å²) in [6.45, 7) is 4.29. The Bertz CT molecular complexity index is 2020. The Kier molecular flexibility index (Phi) is 7.47. The van der Waals surface area contributed by atoms with Gasteiger partial charge >= 0.3 is 0 Å². The molecule has 0 saturated carbocycles. The maximum absolute atomic E-state index is 9.14. The SMILES string of the molecule is CNc1cccc(-c2ccc3nc(-c4cccnc4N)n(-c4ccc(CN5CCN(c6ccnc(C#N)n6)CC5)cc4)c3n2)c1. The van der Waals surface area contributed by atoms with Gasteiger partial charge in [0.05, 0.1) is 11.3 Å². The van der Waals surface area contributed by atoms with Crippen LogP contribution in [0.15, 0.2) is 91.3 Å². The first-order valence-electron chi connectivity index (χ1n) is 14.8. The van der Waals surface area contributed by atoms with Crippen LogP contribution in [0, 0.1) is 11.3 Å². The lowest BCUT2D eigenvalue weighted by Crippen LogP contribution is -2.46. The summed E-state index contributed by atoms with van der Waals surface area (Å²) in [5.74, 6) is 2.11. The molecule has 1 fully saturated rings. The number of imidazole rings is 1. The molecular weight excluding hydrogens is 562 g/mol. The van der Waals surface area contributed by atoms with Crippen molar-refractivity contribution in [2.75, 3.05) is 49.2 Å². The fourth-order valence-corrected chi connectivity index (χ4v) is 5.71. The summed E-state index contributed by atoms with van der Waals surface area (Å²) in [5, 5.41) is 12.3. The van der Waals surface area contributed by atoms with Crippen LogP contribution in [0.2, 0.25) is 0 Å². The van der Waals surface area contributed by atoms with Crippen LogP contribution in [0.25, 0.3) is 39.5 Å². The molecule has 1 aliphatic rings. The summed E-state index contributed by atoms with van der Waals surface area (Å²) in [6, 6.07) is 28.4. The Balaban J connectivity index is 1.18. The maximum atomic E-state index is 9.14. The number of aromatic nitrogens is 6. The molecule has 0 bridgehead atoms. The summed E-state index contributed by atoms with van der Waals surface area (Å²) >= 11 is 0. The number of anilines is 3. The van der Waals surface area contributed by atoms with Gasteiger partial charge in [-0.1, -0.05) is 24.3 Å². The van der Waals surface area contributed by atoms with E-state index in [2.05, 4.69) is 71.0 Å².